The Kier molecular flexibility index (Phi) is 5.07. The van der Waals surface area contributed by atoms with Crippen LogP contribution in [0.15, 0.2) is 0 Å². The fourth-order valence-corrected chi connectivity index (χ4v) is 2.76. The minimum atomic E-state index is 0.595. The summed E-state index contributed by atoms with van der Waals surface area (Å²) in [4.78, 5) is 2.63. The molecular weight excluding hydrogens is 200 g/mol. The van der Waals surface area contributed by atoms with Crippen LogP contribution in [0.2, 0.25) is 0 Å². The van der Waals surface area contributed by atoms with Crippen molar-refractivity contribution in [1.82, 2.24) is 10.2 Å². The van der Waals surface area contributed by atoms with Crippen molar-refractivity contribution < 1.29 is 4.74 Å². The average molecular weight is 226 g/mol. The molecule has 0 spiro atoms. The Hall–Kier alpha value is -0.120. The van der Waals surface area contributed by atoms with Crippen molar-refractivity contribution in [1.29, 1.82) is 0 Å². The van der Waals surface area contributed by atoms with Crippen LogP contribution >= 0.6 is 0 Å². The largest absolute Gasteiger partial charge is 0.379 e. The van der Waals surface area contributed by atoms with Crippen LogP contribution in [0.4, 0.5) is 0 Å². The fraction of sp³-hybridized carbons (Fsp3) is 1.00. The third kappa shape index (κ3) is 3.72. The van der Waals surface area contributed by atoms with E-state index < -0.39 is 0 Å². The van der Waals surface area contributed by atoms with Crippen molar-refractivity contribution in [3.8, 4) is 0 Å². The molecule has 0 aromatic carbocycles. The lowest BCUT2D eigenvalue weighted by Crippen LogP contribution is -2.44. The molecule has 2 aliphatic rings. The molecule has 2 rings (SSSR count). The number of rotatable bonds is 4. The summed E-state index contributed by atoms with van der Waals surface area (Å²) in [6.07, 6.45) is 5.43. The van der Waals surface area contributed by atoms with Gasteiger partial charge in [0.1, 0.15) is 0 Å². The lowest BCUT2D eigenvalue weighted by molar-refractivity contribution is 0.0675. The van der Waals surface area contributed by atoms with Gasteiger partial charge < -0.3 is 15.0 Å². The Morgan fingerprint density at radius 1 is 1.31 bits per heavy atom. The number of nitrogens with one attached hydrogen (secondary N) is 1. The maximum Gasteiger partial charge on any atom is 0.0620 e. The predicted octanol–water partition coefficient (Wildman–Crippen LogP) is 1.49. The van der Waals surface area contributed by atoms with E-state index in [-0.39, 0.29) is 0 Å². The minimum Gasteiger partial charge on any atom is -0.379 e. The highest BCUT2D eigenvalue weighted by molar-refractivity contribution is 4.75. The Labute approximate surface area is 99.5 Å². The van der Waals surface area contributed by atoms with Crippen molar-refractivity contribution in [2.24, 2.45) is 5.92 Å². The van der Waals surface area contributed by atoms with Gasteiger partial charge in [0.15, 0.2) is 0 Å². The van der Waals surface area contributed by atoms with Crippen molar-refractivity contribution >= 4 is 0 Å². The molecule has 2 aliphatic heterocycles. The van der Waals surface area contributed by atoms with Gasteiger partial charge in [0, 0.05) is 12.6 Å². The van der Waals surface area contributed by atoms with Crippen molar-refractivity contribution in [3.05, 3.63) is 0 Å². The first-order valence-electron chi connectivity index (χ1n) is 6.92. The smallest absolute Gasteiger partial charge is 0.0620 e. The molecule has 1 N–H and O–H groups in total. The lowest BCUT2D eigenvalue weighted by Gasteiger charge is -2.33. The van der Waals surface area contributed by atoms with E-state index in [1.54, 1.807) is 0 Å². The molecule has 0 aromatic heterocycles. The minimum absolute atomic E-state index is 0.595. The number of nitrogens with zero attached hydrogens (tertiary/aromatic N) is 1. The van der Waals surface area contributed by atoms with E-state index in [0.29, 0.717) is 6.04 Å². The highest BCUT2D eigenvalue weighted by atomic mass is 16.5. The lowest BCUT2D eigenvalue weighted by atomic mass is 9.94. The van der Waals surface area contributed by atoms with Crippen LogP contribution in [0, 0.1) is 5.92 Å². The SMILES string of the molecule is CCC1CCN(CCC2COCCN2)CC1. The van der Waals surface area contributed by atoms with Gasteiger partial charge in [0.2, 0.25) is 0 Å². The number of ether oxygens (including phenoxy) is 1. The van der Waals surface area contributed by atoms with E-state index in [1.807, 2.05) is 0 Å². The quantitative estimate of drug-likeness (QED) is 0.786. The monoisotopic (exact) mass is 226 g/mol. The van der Waals surface area contributed by atoms with Crippen molar-refractivity contribution in [2.75, 3.05) is 39.4 Å². The molecule has 16 heavy (non-hydrogen) atoms. The first kappa shape index (κ1) is 12.3. The molecule has 0 radical (unpaired) electrons. The van der Waals surface area contributed by atoms with Crippen LogP contribution in [0.3, 0.4) is 0 Å². The van der Waals surface area contributed by atoms with E-state index in [9.17, 15) is 0 Å². The highest BCUT2D eigenvalue weighted by Crippen LogP contribution is 2.20. The maximum absolute atomic E-state index is 5.48. The Morgan fingerprint density at radius 2 is 2.12 bits per heavy atom. The number of likely N-dealkylation sites (tertiary alicyclic amines) is 1. The van der Waals surface area contributed by atoms with Gasteiger partial charge in [-0.2, -0.15) is 0 Å². The fourth-order valence-electron chi connectivity index (χ4n) is 2.76. The molecule has 0 aromatic rings. The second-order valence-electron chi connectivity index (χ2n) is 5.21. The van der Waals surface area contributed by atoms with Crippen LogP contribution < -0.4 is 5.32 Å². The van der Waals surface area contributed by atoms with E-state index in [1.165, 1.54) is 45.3 Å². The van der Waals surface area contributed by atoms with E-state index >= 15 is 0 Å². The average Bonchev–Trinajstić information content (AvgIpc) is 2.38. The molecule has 2 saturated heterocycles. The number of hydrogen-bond donors (Lipinski definition) is 1. The summed E-state index contributed by atoms with van der Waals surface area (Å²) in [7, 11) is 0. The Morgan fingerprint density at radius 3 is 2.75 bits per heavy atom. The molecular formula is C13H26N2O. The zero-order valence-electron chi connectivity index (χ0n) is 10.6. The second kappa shape index (κ2) is 6.58. The van der Waals surface area contributed by atoms with Crippen LogP contribution in [0.5, 0.6) is 0 Å². The number of piperidine rings is 1. The second-order valence-corrected chi connectivity index (χ2v) is 5.21. The summed E-state index contributed by atoms with van der Waals surface area (Å²) in [6.45, 7) is 9.02. The molecule has 3 nitrogen and oxygen atoms in total. The Bertz CT molecular complexity index is 184. The zero-order valence-corrected chi connectivity index (χ0v) is 10.6. The summed E-state index contributed by atoms with van der Waals surface area (Å²) >= 11 is 0. The van der Waals surface area contributed by atoms with Crippen LogP contribution in [-0.4, -0.2) is 50.3 Å². The van der Waals surface area contributed by atoms with Crippen LogP contribution in [-0.2, 0) is 4.74 Å². The maximum atomic E-state index is 5.48. The normalized spacial score (nSPS) is 29.4. The molecule has 94 valence electrons. The van der Waals surface area contributed by atoms with E-state index in [2.05, 4.69) is 17.1 Å². The van der Waals surface area contributed by atoms with Gasteiger partial charge in [-0.15, -0.1) is 0 Å². The van der Waals surface area contributed by atoms with Gasteiger partial charge in [-0.1, -0.05) is 13.3 Å². The summed E-state index contributed by atoms with van der Waals surface area (Å²) < 4.78 is 5.48. The summed E-state index contributed by atoms with van der Waals surface area (Å²) in [5, 5.41) is 3.53. The first-order valence-corrected chi connectivity index (χ1v) is 6.92. The molecule has 1 unspecified atom stereocenters. The van der Waals surface area contributed by atoms with Gasteiger partial charge in [-0.3, -0.25) is 0 Å². The zero-order chi connectivity index (χ0) is 11.2. The summed E-state index contributed by atoms with van der Waals surface area (Å²) in [5.41, 5.74) is 0. The Balaban J connectivity index is 1.59. The molecule has 0 aliphatic carbocycles. The highest BCUT2D eigenvalue weighted by Gasteiger charge is 2.19. The van der Waals surface area contributed by atoms with Crippen molar-refractivity contribution in [2.45, 2.75) is 38.6 Å². The predicted molar refractivity (Wildman–Crippen MR) is 66.7 cm³/mol. The van der Waals surface area contributed by atoms with Crippen LogP contribution in [0.25, 0.3) is 0 Å². The van der Waals surface area contributed by atoms with E-state index in [0.717, 1.165) is 25.7 Å². The first-order chi connectivity index (χ1) is 7.88. The third-order valence-electron chi connectivity index (χ3n) is 4.08. The van der Waals surface area contributed by atoms with Crippen LogP contribution in [0.1, 0.15) is 32.6 Å². The number of morpholine rings is 1. The standard InChI is InChI=1S/C13H26N2O/c1-2-12-3-7-15(8-4-12)9-5-13-11-16-10-6-14-13/h12-14H,2-11H2,1H3. The molecule has 2 heterocycles. The summed E-state index contributed by atoms with van der Waals surface area (Å²) in [5.74, 6) is 0.993. The molecule has 0 bridgehead atoms. The summed E-state index contributed by atoms with van der Waals surface area (Å²) in [6, 6.07) is 0.595. The van der Waals surface area contributed by atoms with Gasteiger partial charge in [0.25, 0.3) is 0 Å². The molecule has 2 fully saturated rings. The third-order valence-corrected chi connectivity index (χ3v) is 4.08. The van der Waals surface area contributed by atoms with Gasteiger partial charge >= 0.3 is 0 Å². The van der Waals surface area contributed by atoms with Gasteiger partial charge in [-0.25, -0.2) is 0 Å². The van der Waals surface area contributed by atoms with Gasteiger partial charge in [0.05, 0.1) is 13.2 Å². The number of hydrogen-bond acceptors (Lipinski definition) is 3. The topological polar surface area (TPSA) is 24.5 Å². The van der Waals surface area contributed by atoms with Gasteiger partial charge in [-0.05, 0) is 44.8 Å². The van der Waals surface area contributed by atoms with E-state index in [4.69, 9.17) is 4.74 Å². The molecule has 0 saturated carbocycles. The molecule has 3 heteroatoms. The molecule has 1 atom stereocenters. The van der Waals surface area contributed by atoms with Crippen molar-refractivity contribution in [3.63, 3.8) is 0 Å². The molecule has 0 amide bonds.